The van der Waals surface area contributed by atoms with E-state index in [0.717, 1.165) is 11.3 Å². The van der Waals surface area contributed by atoms with Gasteiger partial charge in [0, 0.05) is 5.41 Å². The normalized spacial score (nSPS) is 12.7. The number of hydrogen-bond acceptors (Lipinski definition) is 4. The SMILES string of the molecule is CC(C)(C)C(=O)CNS(=O)(=O)c1cc(Cl)sc1Cl. The van der Waals surface area contributed by atoms with Gasteiger partial charge in [-0.25, -0.2) is 13.1 Å². The van der Waals surface area contributed by atoms with Crippen molar-refractivity contribution < 1.29 is 13.2 Å². The van der Waals surface area contributed by atoms with Crippen LogP contribution >= 0.6 is 34.5 Å². The Hall–Kier alpha value is -0.140. The van der Waals surface area contributed by atoms with Crippen molar-refractivity contribution >= 4 is 50.3 Å². The van der Waals surface area contributed by atoms with Crippen LogP contribution in [0.3, 0.4) is 0 Å². The van der Waals surface area contributed by atoms with Gasteiger partial charge in [-0.1, -0.05) is 44.0 Å². The van der Waals surface area contributed by atoms with Crippen LogP contribution in [0.2, 0.25) is 8.67 Å². The first-order valence-electron chi connectivity index (χ1n) is 5.02. The Morgan fingerprint density at radius 3 is 2.33 bits per heavy atom. The Bertz CT molecular complexity index is 558. The minimum absolute atomic E-state index is 0.0794. The van der Waals surface area contributed by atoms with Gasteiger partial charge in [-0.3, -0.25) is 4.79 Å². The molecule has 1 N–H and O–H groups in total. The third kappa shape index (κ3) is 3.93. The largest absolute Gasteiger partial charge is 0.298 e. The molecule has 18 heavy (non-hydrogen) atoms. The van der Waals surface area contributed by atoms with E-state index < -0.39 is 15.4 Å². The Labute approximate surface area is 120 Å². The molecule has 0 aliphatic rings. The highest BCUT2D eigenvalue weighted by atomic mass is 35.5. The molecule has 0 radical (unpaired) electrons. The van der Waals surface area contributed by atoms with Gasteiger partial charge in [0.1, 0.15) is 9.23 Å². The first-order chi connectivity index (χ1) is 8.04. The molecule has 1 aromatic rings. The molecule has 0 unspecified atom stereocenters. The molecule has 0 spiro atoms. The summed E-state index contributed by atoms with van der Waals surface area (Å²) in [6, 6.07) is 1.26. The second-order valence-electron chi connectivity index (χ2n) is 4.69. The highest BCUT2D eigenvalue weighted by Crippen LogP contribution is 2.34. The number of nitrogens with one attached hydrogen (secondary N) is 1. The Balaban J connectivity index is 2.85. The number of halogens is 2. The molecule has 0 saturated carbocycles. The molecule has 0 aliphatic heterocycles. The van der Waals surface area contributed by atoms with Gasteiger partial charge in [-0.15, -0.1) is 11.3 Å². The van der Waals surface area contributed by atoms with Crippen LogP contribution in [0, 0.1) is 5.41 Å². The van der Waals surface area contributed by atoms with Gasteiger partial charge in [0.2, 0.25) is 10.0 Å². The van der Waals surface area contributed by atoms with Crippen LogP contribution in [0.4, 0.5) is 0 Å². The maximum absolute atomic E-state index is 11.9. The quantitative estimate of drug-likeness (QED) is 0.923. The van der Waals surface area contributed by atoms with Gasteiger partial charge in [-0.2, -0.15) is 0 Å². The molecule has 102 valence electrons. The number of Topliss-reactive ketones (excluding diaryl/α,β-unsaturated/α-hetero) is 1. The van der Waals surface area contributed by atoms with E-state index in [0.29, 0.717) is 0 Å². The second kappa shape index (κ2) is 5.46. The summed E-state index contributed by atoms with van der Waals surface area (Å²) in [4.78, 5) is 11.6. The summed E-state index contributed by atoms with van der Waals surface area (Å²) in [6.45, 7) is 4.89. The van der Waals surface area contributed by atoms with E-state index in [1.807, 2.05) is 0 Å². The standard InChI is InChI=1S/C10H13Cl2NO3S2/c1-10(2,3)7(14)5-13-18(15,16)6-4-8(11)17-9(6)12/h4,13H,5H2,1-3H3. The molecule has 1 heterocycles. The zero-order valence-corrected chi connectivity index (χ0v) is 13.2. The van der Waals surface area contributed by atoms with Crippen LogP contribution in [-0.2, 0) is 14.8 Å². The molecule has 0 aromatic carbocycles. The number of sulfonamides is 1. The molecule has 1 rings (SSSR count). The number of carbonyl (C=O) groups excluding carboxylic acids is 1. The molecule has 0 saturated heterocycles. The van der Waals surface area contributed by atoms with Crippen LogP contribution in [0.25, 0.3) is 0 Å². The van der Waals surface area contributed by atoms with Crippen molar-refractivity contribution in [3.05, 3.63) is 14.7 Å². The predicted octanol–water partition coefficient (Wildman–Crippen LogP) is 2.95. The van der Waals surface area contributed by atoms with Crippen LogP contribution in [-0.4, -0.2) is 20.7 Å². The first kappa shape index (κ1) is 15.9. The number of thiophene rings is 1. The van der Waals surface area contributed by atoms with E-state index in [9.17, 15) is 13.2 Å². The molecule has 0 bridgehead atoms. The lowest BCUT2D eigenvalue weighted by molar-refractivity contribution is -0.125. The van der Waals surface area contributed by atoms with Crippen molar-refractivity contribution in [1.29, 1.82) is 0 Å². The lowest BCUT2D eigenvalue weighted by atomic mass is 9.91. The average molecular weight is 330 g/mol. The van der Waals surface area contributed by atoms with Gasteiger partial charge < -0.3 is 0 Å². The van der Waals surface area contributed by atoms with Crippen LogP contribution in [0.1, 0.15) is 20.8 Å². The smallest absolute Gasteiger partial charge is 0.243 e. The monoisotopic (exact) mass is 329 g/mol. The van der Waals surface area contributed by atoms with E-state index in [1.165, 1.54) is 6.07 Å². The van der Waals surface area contributed by atoms with Crippen LogP contribution in [0.15, 0.2) is 11.0 Å². The molecule has 0 amide bonds. The number of ketones is 1. The molecule has 8 heteroatoms. The fraction of sp³-hybridized carbons (Fsp3) is 0.500. The summed E-state index contributed by atoms with van der Waals surface area (Å²) in [5, 5.41) is 0. The molecular weight excluding hydrogens is 317 g/mol. The molecule has 0 aliphatic carbocycles. The van der Waals surface area contributed by atoms with Gasteiger partial charge in [0.25, 0.3) is 0 Å². The Kier molecular flexibility index (Phi) is 4.83. The van der Waals surface area contributed by atoms with Gasteiger partial charge in [0.15, 0.2) is 5.78 Å². The second-order valence-corrected chi connectivity index (χ2v) is 8.71. The zero-order valence-electron chi connectivity index (χ0n) is 10.1. The minimum Gasteiger partial charge on any atom is -0.298 e. The Morgan fingerprint density at radius 1 is 1.39 bits per heavy atom. The van der Waals surface area contributed by atoms with Gasteiger partial charge in [0.05, 0.1) is 10.9 Å². The van der Waals surface area contributed by atoms with Crippen molar-refractivity contribution in [2.75, 3.05) is 6.54 Å². The average Bonchev–Trinajstić information content (AvgIpc) is 2.53. The van der Waals surface area contributed by atoms with Crippen molar-refractivity contribution in [3.8, 4) is 0 Å². The van der Waals surface area contributed by atoms with Crippen molar-refractivity contribution in [2.45, 2.75) is 25.7 Å². The minimum atomic E-state index is -3.80. The number of rotatable bonds is 4. The lowest BCUT2D eigenvalue weighted by Crippen LogP contribution is -2.35. The fourth-order valence-corrected chi connectivity index (χ4v) is 4.14. The van der Waals surface area contributed by atoms with E-state index >= 15 is 0 Å². The summed E-state index contributed by atoms with van der Waals surface area (Å²) in [5.41, 5.74) is -0.599. The predicted molar refractivity (Wildman–Crippen MR) is 74.0 cm³/mol. The molecule has 0 atom stereocenters. The molecule has 0 fully saturated rings. The maximum Gasteiger partial charge on any atom is 0.243 e. The van der Waals surface area contributed by atoms with E-state index in [4.69, 9.17) is 23.2 Å². The fourth-order valence-electron chi connectivity index (χ4n) is 1.01. The Morgan fingerprint density at radius 2 is 1.94 bits per heavy atom. The summed E-state index contributed by atoms with van der Waals surface area (Å²) < 4.78 is 26.4. The lowest BCUT2D eigenvalue weighted by Gasteiger charge is -2.16. The highest BCUT2D eigenvalue weighted by molar-refractivity contribution is 7.89. The molecule has 1 aromatic heterocycles. The van der Waals surface area contributed by atoms with Gasteiger partial charge >= 0.3 is 0 Å². The third-order valence-electron chi connectivity index (χ3n) is 2.17. The summed E-state index contributed by atoms with van der Waals surface area (Å²) in [5.74, 6) is -0.205. The molecular formula is C10H13Cl2NO3S2. The number of hydrogen-bond donors (Lipinski definition) is 1. The van der Waals surface area contributed by atoms with Crippen molar-refractivity contribution in [3.63, 3.8) is 0 Å². The van der Waals surface area contributed by atoms with E-state index in [-0.39, 0.29) is 25.9 Å². The summed E-state index contributed by atoms with van der Waals surface area (Å²) in [6.07, 6.45) is 0. The first-order valence-corrected chi connectivity index (χ1v) is 8.07. The highest BCUT2D eigenvalue weighted by Gasteiger charge is 2.25. The van der Waals surface area contributed by atoms with Crippen LogP contribution in [0.5, 0.6) is 0 Å². The van der Waals surface area contributed by atoms with Crippen molar-refractivity contribution in [1.82, 2.24) is 4.72 Å². The topological polar surface area (TPSA) is 63.2 Å². The van der Waals surface area contributed by atoms with Gasteiger partial charge in [-0.05, 0) is 6.07 Å². The van der Waals surface area contributed by atoms with E-state index in [2.05, 4.69) is 4.72 Å². The third-order valence-corrected chi connectivity index (χ3v) is 5.33. The maximum atomic E-state index is 11.9. The van der Waals surface area contributed by atoms with E-state index in [1.54, 1.807) is 20.8 Å². The number of carbonyl (C=O) groups is 1. The molecule has 4 nitrogen and oxygen atoms in total. The summed E-state index contributed by atoms with van der Waals surface area (Å²) >= 11 is 12.4. The van der Waals surface area contributed by atoms with Crippen molar-refractivity contribution in [2.24, 2.45) is 5.41 Å². The zero-order chi connectivity index (χ0) is 14.1. The summed E-state index contributed by atoms with van der Waals surface area (Å²) in [7, 11) is -3.80. The van der Waals surface area contributed by atoms with Crippen LogP contribution < -0.4 is 4.72 Å².